The highest BCUT2D eigenvalue weighted by atomic mass is 32.2. The van der Waals surface area contributed by atoms with Crippen LogP contribution >= 0.6 is 0 Å². The number of amides is 2. The van der Waals surface area contributed by atoms with Crippen LogP contribution in [-0.2, 0) is 26.2 Å². The lowest BCUT2D eigenvalue weighted by Gasteiger charge is -2.31. The van der Waals surface area contributed by atoms with Crippen molar-refractivity contribution in [3.05, 3.63) is 65.7 Å². The largest absolute Gasteiger partial charge is 0.355 e. The molecule has 0 spiro atoms. The molecule has 33 heavy (non-hydrogen) atoms. The van der Waals surface area contributed by atoms with E-state index in [0.717, 1.165) is 11.1 Å². The van der Waals surface area contributed by atoms with Crippen LogP contribution in [0, 0.1) is 6.92 Å². The molecule has 0 aliphatic carbocycles. The van der Waals surface area contributed by atoms with Crippen molar-refractivity contribution in [1.82, 2.24) is 10.2 Å². The maximum atomic E-state index is 13.2. The number of nitrogens with one attached hydrogen (secondary N) is 1. The van der Waals surface area contributed by atoms with Crippen molar-refractivity contribution in [2.24, 2.45) is 0 Å². The molecule has 0 bridgehead atoms. The number of rotatable bonds is 12. The number of sulfonamides is 1. The summed E-state index contributed by atoms with van der Waals surface area (Å²) in [5.74, 6) is -0.351. The first-order valence-electron chi connectivity index (χ1n) is 11.3. The fourth-order valence-electron chi connectivity index (χ4n) is 3.71. The minimum atomic E-state index is -3.50. The van der Waals surface area contributed by atoms with Crippen molar-refractivity contribution in [3.63, 3.8) is 0 Å². The van der Waals surface area contributed by atoms with Crippen LogP contribution in [0.3, 0.4) is 0 Å². The van der Waals surface area contributed by atoms with Crippen LogP contribution in [0.2, 0.25) is 0 Å². The van der Waals surface area contributed by atoms with E-state index in [1.807, 2.05) is 63.2 Å². The van der Waals surface area contributed by atoms with Gasteiger partial charge in [0.05, 0.1) is 11.9 Å². The lowest BCUT2D eigenvalue weighted by molar-refractivity contribution is -0.141. The Labute approximate surface area is 197 Å². The number of carbonyl (C=O) groups excluding carboxylic acids is 2. The van der Waals surface area contributed by atoms with E-state index in [1.165, 1.54) is 10.6 Å². The van der Waals surface area contributed by atoms with Gasteiger partial charge >= 0.3 is 0 Å². The molecule has 180 valence electrons. The van der Waals surface area contributed by atoms with Gasteiger partial charge in [0.25, 0.3) is 0 Å². The van der Waals surface area contributed by atoms with Crippen molar-refractivity contribution >= 4 is 27.5 Å². The van der Waals surface area contributed by atoms with Crippen LogP contribution in [-0.4, -0.2) is 50.5 Å². The maximum absolute atomic E-state index is 13.2. The van der Waals surface area contributed by atoms with Gasteiger partial charge in [-0.15, -0.1) is 0 Å². The second-order valence-corrected chi connectivity index (χ2v) is 10.0. The Bertz CT molecular complexity index is 1010. The van der Waals surface area contributed by atoms with Crippen LogP contribution in [0.4, 0.5) is 5.69 Å². The Kier molecular flexibility index (Phi) is 9.91. The van der Waals surface area contributed by atoms with Crippen molar-refractivity contribution in [3.8, 4) is 0 Å². The summed E-state index contributed by atoms with van der Waals surface area (Å²) in [6, 6.07) is 16.2. The van der Waals surface area contributed by atoms with E-state index in [0.29, 0.717) is 31.6 Å². The second-order valence-electron chi connectivity index (χ2n) is 8.10. The number of likely N-dealkylation sites (N-methyl/N-ethyl adjacent to an activating group) is 1. The third-order valence-corrected chi connectivity index (χ3v) is 6.60. The highest BCUT2D eigenvalue weighted by molar-refractivity contribution is 7.92. The maximum Gasteiger partial charge on any atom is 0.242 e. The van der Waals surface area contributed by atoms with E-state index < -0.39 is 16.1 Å². The highest BCUT2D eigenvalue weighted by Crippen LogP contribution is 2.20. The van der Waals surface area contributed by atoms with E-state index in [-0.39, 0.29) is 24.8 Å². The Balaban J connectivity index is 2.16. The van der Waals surface area contributed by atoms with Crippen LogP contribution in [0.5, 0.6) is 0 Å². The SMILES string of the molecule is CCNC(=O)[C@H](CC)N(Cc1ccccc1)C(=O)CCCN(c1ccc(C)cc1)S(C)(=O)=O. The van der Waals surface area contributed by atoms with Gasteiger partial charge in [-0.3, -0.25) is 13.9 Å². The summed E-state index contributed by atoms with van der Waals surface area (Å²) in [5, 5.41) is 2.82. The molecule has 2 aromatic rings. The quantitative estimate of drug-likeness (QED) is 0.511. The third-order valence-electron chi connectivity index (χ3n) is 5.41. The molecular weight excluding hydrogens is 438 g/mol. The predicted octanol–water partition coefficient (Wildman–Crippen LogP) is 3.48. The molecule has 0 unspecified atom stereocenters. The Morgan fingerprint density at radius 1 is 1.00 bits per heavy atom. The summed E-state index contributed by atoms with van der Waals surface area (Å²) in [6.07, 6.45) is 2.14. The lowest BCUT2D eigenvalue weighted by atomic mass is 10.1. The number of carbonyl (C=O) groups is 2. The van der Waals surface area contributed by atoms with Gasteiger partial charge in [0, 0.05) is 26.1 Å². The highest BCUT2D eigenvalue weighted by Gasteiger charge is 2.28. The van der Waals surface area contributed by atoms with Crippen molar-refractivity contribution < 1.29 is 18.0 Å². The average molecular weight is 474 g/mol. The fraction of sp³-hybridized carbons (Fsp3) is 0.440. The van der Waals surface area contributed by atoms with Gasteiger partial charge in [-0.2, -0.15) is 0 Å². The molecule has 0 fully saturated rings. The van der Waals surface area contributed by atoms with Gasteiger partial charge in [-0.05, 0) is 44.4 Å². The van der Waals surface area contributed by atoms with Crippen LogP contribution in [0.25, 0.3) is 0 Å². The smallest absolute Gasteiger partial charge is 0.242 e. The zero-order chi connectivity index (χ0) is 24.4. The van der Waals surface area contributed by atoms with Gasteiger partial charge in [0.2, 0.25) is 21.8 Å². The first-order valence-corrected chi connectivity index (χ1v) is 13.2. The average Bonchev–Trinajstić information content (AvgIpc) is 2.77. The normalized spacial score (nSPS) is 12.1. The fourth-order valence-corrected chi connectivity index (χ4v) is 4.67. The summed E-state index contributed by atoms with van der Waals surface area (Å²) in [6.45, 7) is 6.66. The molecular formula is C25H35N3O4S. The molecule has 0 aliphatic heterocycles. The van der Waals surface area contributed by atoms with Crippen LogP contribution in [0.1, 0.15) is 44.2 Å². The monoisotopic (exact) mass is 473 g/mol. The van der Waals surface area contributed by atoms with Gasteiger partial charge in [0.1, 0.15) is 6.04 Å². The summed E-state index contributed by atoms with van der Waals surface area (Å²) in [5.41, 5.74) is 2.55. The first-order chi connectivity index (χ1) is 15.7. The summed E-state index contributed by atoms with van der Waals surface area (Å²) >= 11 is 0. The Morgan fingerprint density at radius 3 is 2.18 bits per heavy atom. The molecule has 0 heterocycles. The van der Waals surface area contributed by atoms with E-state index in [9.17, 15) is 18.0 Å². The summed E-state index contributed by atoms with van der Waals surface area (Å²) in [7, 11) is -3.50. The lowest BCUT2D eigenvalue weighted by Crippen LogP contribution is -2.49. The number of nitrogens with zero attached hydrogens (tertiary/aromatic N) is 2. The number of hydrogen-bond acceptors (Lipinski definition) is 4. The molecule has 1 atom stereocenters. The molecule has 0 radical (unpaired) electrons. The van der Waals surface area contributed by atoms with Crippen molar-refractivity contribution in [2.45, 2.75) is 52.6 Å². The Hall–Kier alpha value is -2.87. The molecule has 0 saturated carbocycles. The van der Waals surface area contributed by atoms with E-state index >= 15 is 0 Å². The van der Waals surface area contributed by atoms with E-state index in [2.05, 4.69) is 5.32 Å². The molecule has 8 heteroatoms. The molecule has 7 nitrogen and oxygen atoms in total. The minimum absolute atomic E-state index is 0.140. The molecule has 2 amide bonds. The molecule has 2 aromatic carbocycles. The van der Waals surface area contributed by atoms with Gasteiger partial charge in [-0.1, -0.05) is 55.0 Å². The number of anilines is 1. The van der Waals surface area contributed by atoms with Gasteiger partial charge in [0.15, 0.2) is 0 Å². The molecule has 0 aliphatic rings. The van der Waals surface area contributed by atoms with Crippen LogP contribution < -0.4 is 9.62 Å². The first kappa shape index (κ1) is 26.4. The predicted molar refractivity (Wildman–Crippen MR) is 132 cm³/mol. The van der Waals surface area contributed by atoms with Crippen molar-refractivity contribution in [2.75, 3.05) is 23.7 Å². The molecule has 2 rings (SSSR count). The zero-order valence-electron chi connectivity index (χ0n) is 20.0. The summed E-state index contributed by atoms with van der Waals surface area (Å²) in [4.78, 5) is 27.5. The minimum Gasteiger partial charge on any atom is -0.355 e. The Morgan fingerprint density at radius 2 is 1.64 bits per heavy atom. The van der Waals surface area contributed by atoms with E-state index in [1.54, 1.807) is 17.0 Å². The number of aryl methyl sites for hydroxylation is 1. The van der Waals surface area contributed by atoms with E-state index in [4.69, 9.17) is 0 Å². The molecule has 0 aromatic heterocycles. The molecule has 0 saturated heterocycles. The van der Waals surface area contributed by atoms with Gasteiger partial charge < -0.3 is 10.2 Å². The summed E-state index contributed by atoms with van der Waals surface area (Å²) < 4.78 is 26.0. The number of hydrogen-bond donors (Lipinski definition) is 1. The van der Waals surface area contributed by atoms with Crippen molar-refractivity contribution in [1.29, 1.82) is 0 Å². The van der Waals surface area contributed by atoms with Crippen LogP contribution in [0.15, 0.2) is 54.6 Å². The number of benzene rings is 2. The zero-order valence-corrected chi connectivity index (χ0v) is 20.8. The topological polar surface area (TPSA) is 86.8 Å². The van der Waals surface area contributed by atoms with Gasteiger partial charge in [-0.25, -0.2) is 8.42 Å². The standard InChI is InChI=1S/C25H35N3O4S/c1-5-23(25(30)26-6-2)27(19-21-11-8-7-9-12-21)24(29)13-10-18-28(33(4,31)32)22-16-14-20(3)15-17-22/h7-9,11-12,14-17,23H,5-6,10,13,18-19H2,1-4H3,(H,26,30)/t23-/m0/s1. The third kappa shape index (κ3) is 7.89. The molecule has 1 N–H and O–H groups in total. The second kappa shape index (κ2) is 12.4.